The largest absolute Gasteiger partial charge is 0.455 e. The molecule has 2 rings (SSSR count). The topological polar surface area (TPSA) is 208 Å². The summed E-state index contributed by atoms with van der Waals surface area (Å²) in [5.41, 5.74) is 0. The van der Waals surface area contributed by atoms with Crippen molar-refractivity contribution in [1.29, 1.82) is 0 Å². The molecule has 5 N–H and O–H groups in total. The van der Waals surface area contributed by atoms with E-state index in [1.165, 1.54) is 0 Å². The number of aliphatic hydroxyl groups is 5. The molecule has 0 spiro atoms. The van der Waals surface area contributed by atoms with E-state index in [0.29, 0.717) is 6.42 Å². The summed E-state index contributed by atoms with van der Waals surface area (Å²) >= 11 is 0. The van der Waals surface area contributed by atoms with Gasteiger partial charge in [-0.1, -0.05) is 73.1 Å². The van der Waals surface area contributed by atoms with Gasteiger partial charge in [0.25, 0.3) is 0 Å². The van der Waals surface area contributed by atoms with E-state index in [-0.39, 0.29) is 6.42 Å². The third-order valence-corrected chi connectivity index (χ3v) is 7.68. The highest BCUT2D eigenvalue weighted by molar-refractivity contribution is 5.72. The van der Waals surface area contributed by atoms with Gasteiger partial charge in [-0.15, -0.1) is 0 Å². The molecule has 9 unspecified atom stereocenters. The number of ether oxygens (including phenoxy) is 6. The molecule has 2 aliphatic heterocycles. The number of hydrogen-bond donors (Lipinski definition) is 5. The van der Waals surface area contributed by atoms with Gasteiger partial charge in [0.2, 0.25) is 12.1 Å². The summed E-state index contributed by atoms with van der Waals surface area (Å²) in [4.78, 5) is 38.2. The molecule has 0 amide bonds. The number of rotatable bonds is 18. The first-order valence-corrected chi connectivity index (χ1v) is 15.7. The van der Waals surface area contributed by atoms with Crippen molar-refractivity contribution in [1.82, 2.24) is 0 Å². The maximum Gasteiger partial charge on any atom is 0.308 e. The minimum atomic E-state index is -2.35. The second kappa shape index (κ2) is 18.3. The van der Waals surface area contributed by atoms with Crippen molar-refractivity contribution in [3.63, 3.8) is 0 Å². The Bertz CT molecular complexity index is 897. The van der Waals surface area contributed by atoms with Crippen LogP contribution in [0, 0.1) is 11.8 Å². The number of aliphatic hydroxyl groups excluding tert-OH is 5. The molecule has 9 atom stereocenters. The van der Waals surface area contributed by atoms with Crippen LogP contribution in [-0.2, 0) is 42.8 Å². The van der Waals surface area contributed by atoms with Gasteiger partial charge < -0.3 is 54.0 Å². The molecule has 0 aromatic heterocycles. The number of carbonyl (C=O) groups is 3. The van der Waals surface area contributed by atoms with Crippen LogP contribution in [-0.4, -0.2) is 118 Å². The lowest BCUT2D eigenvalue weighted by Crippen LogP contribution is -2.65. The Labute approximate surface area is 258 Å². The zero-order valence-corrected chi connectivity index (χ0v) is 26.5. The van der Waals surface area contributed by atoms with Crippen LogP contribution in [0.3, 0.4) is 0 Å². The Morgan fingerprint density at radius 3 is 1.86 bits per heavy atom. The highest BCUT2D eigenvalue weighted by Gasteiger charge is 2.62. The first-order valence-electron chi connectivity index (χ1n) is 15.7. The van der Waals surface area contributed by atoms with Gasteiger partial charge in [0, 0.05) is 6.42 Å². The second-order valence-corrected chi connectivity index (χ2v) is 12.0. The number of hydrogen-bond acceptors (Lipinski definition) is 14. The normalized spacial score (nSPS) is 32.2. The van der Waals surface area contributed by atoms with Crippen LogP contribution >= 0.6 is 0 Å². The summed E-state index contributed by atoms with van der Waals surface area (Å²) in [6.45, 7) is 5.79. The van der Waals surface area contributed by atoms with E-state index in [4.69, 9.17) is 28.4 Å². The summed E-state index contributed by atoms with van der Waals surface area (Å²) in [6, 6.07) is 0. The van der Waals surface area contributed by atoms with E-state index >= 15 is 0 Å². The molecule has 0 saturated carbocycles. The molecular formula is C30H52O14. The predicted octanol–water partition coefficient (Wildman–Crippen LogP) is 0.710. The zero-order valence-electron chi connectivity index (χ0n) is 26.5. The van der Waals surface area contributed by atoms with E-state index < -0.39 is 104 Å². The number of esters is 3. The quantitative estimate of drug-likeness (QED) is 0.0798. The van der Waals surface area contributed by atoms with Crippen molar-refractivity contribution in [2.45, 2.75) is 141 Å². The van der Waals surface area contributed by atoms with Crippen LogP contribution in [0.4, 0.5) is 0 Å². The molecule has 0 radical (unpaired) electrons. The zero-order chi connectivity index (χ0) is 33.0. The van der Waals surface area contributed by atoms with Crippen LogP contribution in [0.15, 0.2) is 0 Å². The number of carbonyl (C=O) groups excluding carboxylic acids is 3. The molecule has 14 heteroatoms. The lowest BCUT2D eigenvalue weighted by Gasteiger charge is -2.45. The van der Waals surface area contributed by atoms with Gasteiger partial charge in [0.1, 0.15) is 31.0 Å². The van der Waals surface area contributed by atoms with Crippen LogP contribution in [0.5, 0.6) is 0 Å². The lowest BCUT2D eigenvalue weighted by atomic mass is 9.97. The molecular weight excluding hydrogens is 584 g/mol. The minimum absolute atomic E-state index is 0.00292. The van der Waals surface area contributed by atoms with E-state index in [0.717, 1.165) is 38.5 Å². The van der Waals surface area contributed by atoms with Gasteiger partial charge in [0.05, 0.1) is 25.0 Å². The fourth-order valence-electron chi connectivity index (χ4n) is 4.97. The van der Waals surface area contributed by atoms with E-state index in [1.54, 1.807) is 27.7 Å². The lowest BCUT2D eigenvalue weighted by molar-refractivity contribution is -0.384. The molecule has 0 aliphatic carbocycles. The highest BCUT2D eigenvalue weighted by atomic mass is 16.8. The average Bonchev–Trinajstić information content (AvgIpc) is 3.25. The van der Waals surface area contributed by atoms with Gasteiger partial charge in [-0.05, 0) is 6.42 Å². The molecule has 256 valence electrons. The maximum atomic E-state index is 13.0. The SMILES string of the molecule is CCCCCCCCCC(=O)OC1C(OC2(CO)OC(CO)C(O)C2OC(=O)C(C)C)OC(CO)C(O)C1OC(=O)C(C)C. The van der Waals surface area contributed by atoms with Crippen molar-refractivity contribution >= 4 is 17.9 Å². The molecule has 14 nitrogen and oxygen atoms in total. The van der Waals surface area contributed by atoms with Gasteiger partial charge in [-0.2, -0.15) is 0 Å². The fraction of sp³-hybridized carbons (Fsp3) is 0.900. The third-order valence-electron chi connectivity index (χ3n) is 7.68. The van der Waals surface area contributed by atoms with Gasteiger partial charge in [0.15, 0.2) is 18.3 Å². The molecule has 0 aromatic rings. The Morgan fingerprint density at radius 1 is 0.750 bits per heavy atom. The second-order valence-electron chi connectivity index (χ2n) is 12.0. The summed E-state index contributed by atoms with van der Waals surface area (Å²) < 4.78 is 34.0. The summed E-state index contributed by atoms with van der Waals surface area (Å²) in [6.07, 6.45) is -6.06. The minimum Gasteiger partial charge on any atom is -0.455 e. The molecule has 2 fully saturated rings. The molecule has 2 aliphatic rings. The Kier molecular flexibility index (Phi) is 15.9. The van der Waals surface area contributed by atoms with E-state index in [2.05, 4.69) is 6.92 Å². The molecule has 0 aromatic carbocycles. The van der Waals surface area contributed by atoms with Crippen LogP contribution < -0.4 is 0 Å². The first-order chi connectivity index (χ1) is 20.8. The molecule has 44 heavy (non-hydrogen) atoms. The van der Waals surface area contributed by atoms with Crippen molar-refractivity contribution in [2.24, 2.45) is 11.8 Å². The van der Waals surface area contributed by atoms with Gasteiger partial charge >= 0.3 is 17.9 Å². The Morgan fingerprint density at radius 2 is 1.32 bits per heavy atom. The maximum absolute atomic E-state index is 13.0. The number of unbranched alkanes of at least 4 members (excludes halogenated alkanes) is 6. The monoisotopic (exact) mass is 636 g/mol. The third kappa shape index (κ3) is 10.0. The average molecular weight is 637 g/mol. The van der Waals surface area contributed by atoms with Gasteiger partial charge in [-0.3, -0.25) is 14.4 Å². The molecule has 2 heterocycles. The van der Waals surface area contributed by atoms with Crippen molar-refractivity contribution < 1.29 is 68.3 Å². The fourth-order valence-corrected chi connectivity index (χ4v) is 4.97. The predicted molar refractivity (Wildman–Crippen MR) is 153 cm³/mol. The molecule has 0 bridgehead atoms. The van der Waals surface area contributed by atoms with Crippen LogP contribution in [0.1, 0.15) is 86.0 Å². The van der Waals surface area contributed by atoms with Crippen LogP contribution in [0.25, 0.3) is 0 Å². The van der Waals surface area contributed by atoms with E-state index in [1.807, 2.05) is 0 Å². The molecule has 2 saturated heterocycles. The standard InChI is InChI=1S/C30H52O14/c1-6-7-8-9-10-11-12-13-21(34)40-25-24(41-27(37)17(2)3)22(35)19(14-31)39-29(25)44-30(16-33)26(42-28(38)18(4)5)23(36)20(15-32)43-30/h17-20,22-26,29,31-33,35-36H,6-16H2,1-5H3. The van der Waals surface area contributed by atoms with E-state index in [9.17, 15) is 39.9 Å². The van der Waals surface area contributed by atoms with Gasteiger partial charge in [-0.25, -0.2) is 0 Å². The smallest absolute Gasteiger partial charge is 0.308 e. The Balaban J connectivity index is 2.38. The van der Waals surface area contributed by atoms with Crippen LogP contribution in [0.2, 0.25) is 0 Å². The first kappa shape index (κ1) is 38.3. The van der Waals surface area contributed by atoms with Crippen molar-refractivity contribution in [3.8, 4) is 0 Å². The summed E-state index contributed by atoms with van der Waals surface area (Å²) in [7, 11) is 0. The highest BCUT2D eigenvalue weighted by Crippen LogP contribution is 2.39. The summed E-state index contributed by atoms with van der Waals surface area (Å²) in [5.74, 6) is -5.85. The summed E-state index contributed by atoms with van der Waals surface area (Å²) in [5, 5.41) is 52.0. The van der Waals surface area contributed by atoms with Crippen molar-refractivity contribution in [2.75, 3.05) is 19.8 Å². The Hall–Kier alpha value is -1.91. The van der Waals surface area contributed by atoms with Crippen molar-refractivity contribution in [3.05, 3.63) is 0 Å².